The Kier molecular flexibility index (Phi) is 11.5. The molecule has 6 heteroatoms. The fraction of sp³-hybridized carbons (Fsp3) is 0.500. The third-order valence-corrected chi connectivity index (χ3v) is 3.27. The Balaban J connectivity index is 0.00000441. The Labute approximate surface area is 144 Å². The normalized spacial score (nSPS) is 12.6. The average Bonchev–Trinajstić information content (AvgIpc) is 2.52. The van der Waals surface area contributed by atoms with Gasteiger partial charge in [-0.25, -0.2) is 0 Å². The van der Waals surface area contributed by atoms with E-state index in [4.69, 9.17) is 4.74 Å². The summed E-state index contributed by atoms with van der Waals surface area (Å²) in [5.74, 6) is 0.159. The molecule has 0 fully saturated rings. The topological polar surface area (TPSA) is 67.4 Å². The third-order valence-electron chi connectivity index (χ3n) is 3.27. The molecule has 0 saturated heterocycles. The molecule has 0 heterocycles. The number of rotatable bonds is 10. The van der Waals surface area contributed by atoms with Crippen LogP contribution in [0.5, 0.6) is 0 Å². The molecular weight excluding hydrogens is 319 g/mol. The van der Waals surface area contributed by atoms with E-state index in [0.29, 0.717) is 19.1 Å². The van der Waals surface area contributed by atoms with E-state index < -0.39 is 6.04 Å². The summed E-state index contributed by atoms with van der Waals surface area (Å²) in [6, 6.07) is 8.95. The molecule has 0 saturated carbocycles. The zero-order valence-corrected chi connectivity index (χ0v) is 14.4. The summed E-state index contributed by atoms with van der Waals surface area (Å²) in [4.78, 5) is 22.4. The van der Waals surface area contributed by atoms with Gasteiger partial charge in [-0.3, -0.25) is 4.79 Å². The molecule has 0 aliphatic rings. The molecule has 1 radical (unpaired) electrons. The molecule has 0 aliphatic heterocycles. The number of carbonyl (C=O) groups excluding carboxylic acids is 2. The molecule has 2 unspecified atom stereocenters. The van der Waals surface area contributed by atoms with Gasteiger partial charge in [0.1, 0.15) is 6.04 Å². The molecule has 121 valence electrons. The van der Waals surface area contributed by atoms with Gasteiger partial charge in [0.25, 0.3) is 0 Å². The molecule has 22 heavy (non-hydrogen) atoms. The molecule has 1 aromatic rings. The molecular formula is C16H23N2O3V-. The van der Waals surface area contributed by atoms with E-state index in [1.807, 2.05) is 30.3 Å². The van der Waals surface area contributed by atoms with Crippen LogP contribution in [0.4, 0.5) is 0 Å². The van der Waals surface area contributed by atoms with E-state index in [1.165, 1.54) is 0 Å². The van der Waals surface area contributed by atoms with Crippen molar-refractivity contribution in [2.24, 2.45) is 5.92 Å². The summed E-state index contributed by atoms with van der Waals surface area (Å²) < 4.78 is 5.49. The van der Waals surface area contributed by atoms with Gasteiger partial charge in [0, 0.05) is 25.1 Å². The number of amides is 2. The van der Waals surface area contributed by atoms with Gasteiger partial charge in [-0.05, 0) is 11.5 Å². The van der Waals surface area contributed by atoms with Gasteiger partial charge in [-0.15, -0.1) is 0 Å². The SMILES string of the molecule is CCC(C)CNC(=O)C(COCc1ccccc1)N[C-]=O.[V]. The van der Waals surface area contributed by atoms with Crippen LogP contribution < -0.4 is 10.6 Å². The smallest absolute Gasteiger partial charge is 0.242 e. The molecule has 0 aromatic heterocycles. The van der Waals surface area contributed by atoms with E-state index in [9.17, 15) is 9.59 Å². The van der Waals surface area contributed by atoms with E-state index in [0.717, 1.165) is 12.0 Å². The van der Waals surface area contributed by atoms with Gasteiger partial charge < -0.3 is 20.2 Å². The maximum absolute atomic E-state index is 12.0. The van der Waals surface area contributed by atoms with Crippen LogP contribution in [0.2, 0.25) is 0 Å². The summed E-state index contributed by atoms with van der Waals surface area (Å²) in [5, 5.41) is 5.17. The minimum atomic E-state index is -0.713. The van der Waals surface area contributed by atoms with Crippen molar-refractivity contribution in [3.8, 4) is 0 Å². The van der Waals surface area contributed by atoms with Crippen LogP contribution in [0, 0.1) is 5.92 Å². The molecule has 2 amide bonds. The van der Waals surface area contributed by atoms with E-state index in [2.05, 4.69) is 24.5 Å². The molecule has 0 spiro atoms. The first kappa shape index (κ1) is 20.7. The molecule has 2 atom stereocenters. The second kappa shape index (κ2) is 12.3. The van der Waals surface area contributed by atoms with Crippen LogP contribution in [0.3, 0.4) is 0 Å². The first-order chi connectivity index (χ1) is 10.2. The van der Waals surface area contributed by atoms with Crippen molar-refractivity contribution in [1.82, 2.24) is 10.6 Å². The van der Waals surface area contributed by atoms with Crippen molar-refractivity contribution >= 4 is 12.3 Å². The van der Waals surface area contributed by atoms with Crippen LogP contribution >= 0.6 is 0 Å². The monoisotopic (exact) mass is 342 g/mol. The van der Waals surface area contributed by atoms with Gasteiger partial charge in [0.05, 0.1) is 13.2 Å². The van der Waals surface area contributed by atoms with Crippen molar-refractivity contribution in [2.75, 3.05) is 13.2 Å². The maximum Gasteiger partial charge on any atom is 0.242 e. The predicted molar refractivity (Wildman–Crippen MR) is 81.2 cm³/mol. The van der Waals surface area contributed by atoms with Crippen molar-refractivity contribution in [3.63, 3.8) is 0 Å². The van der Waals surface area contributed by atoms with E-state index in [1.54, 1.807) is 6.41 Å². The van der Waals surface area contributed by atoms with Crippen LogP contribution in [0.15, 0.2) is 30.3 Å². The van der Waals surface area contributed by atoms with Crippen molar-refractivity contribution in [2.45, 2.75) is 32.9 Å². The van der Waals surface area contributed by atoms with Crippen molar-refractivity contribution in [3.05, 3.63) is 35.9 Å². The maximum atomic E-state index is 12.0. The van der Waals surface area contributed by atoms with Crippen molar-refractivity contribution in [1.29, 1.82) is 0 Å². The number of ether oxygens (including phenoxy) is 1. The van der Waals surface area contributed by atoms with Gasteiger partial charge in [0.15, 0.2) is 0 Å². The first-order valence-electron chi connectivity index (χ1n) is 7.19. The van der Waals surface area contributed by atoms with Gasteiger partial charge in [-0.1, -0.05) is 50.6 Å². The molecule has 0 aliphatic carbocycles. The minimum Gasteiger partial charge on any atom is -0.520 e. The summed E-state index contributed by atoms with van der Waals surface area (Å²) >= 11 is 0. The standard InChI is InChI=1S/C16H23N2O3.V/c1-3-13(2)9-17-16(20)15(18-12-19)11-21-10-14-7-5-4-6-8-14;/h4-8,13,15H,3,9-11H2,1-2H3,(H,17,20)(H,18,19);/q-1;. The van der Waals surface area contributed by atoms with Gasteiger partial charge in [0.2, 0.25) is 5.91 Å². The van der Waals surface area contributed by atoms with Crippen LogP contribution in [0.1, 0.15) is 25.8 Å². The largest absolute Gasteiger partial charge is 0.520 e. The second-order valence-corrected chi connectivity index (χ2v) is 5.06. The summed E-state index contributed by atoms with van der Waals surface area (Å²) in [6.07, 6.45) is 2.55. The molecule has 0 bridgehead atoms. The van der Waals surface area contributed by atoms with Gasteiger partial charge >= 0.3 is 0 Å². The van der Waals surface area contributed by atoms with Crippen LogP contribution in [-0.2, 0) is 39.5 Å². The van der Waals surface area contributed by atoms with E-state index in [-0.39, 0.29) is 31.1 Å². The Morgan fingerprint density at radius 2 is 2.00 bits per heavy atom. The van der Waals surface area contributed by atoms with Crippen LogP contribution in [0.25, 0.3) is 0 Å². The first-order valence-corrected chi connectivity index (χ1v) is 7.19. The fourth-order valence-electron chi connectivity index (χ4n) is 1.67. The predicted octanol–water partition coefficient (Wildman–Crippen LogP) is 1.39. The molecule has 1 rings (SSSR count). The van der Waals surface area contributed by atoms with Gasteiger partial charge in [-0.2, -0.15) is 6.41 Å². The number of nitrogens with one attached hydrogen (secondary N) is 2. The zero-order chi connectivity index (χ0) is 15.5. The fourth-order valence-corrected chi connectivity index (χ4v) is 1.67. The Hall–Kier alpha value is -1.30. The van der Waals surface area contributed by atoms with E-state index >= 15 is 0 Å². The Morgan fingerprint density at radius 1 is 1.32 bits per heavy atom. The summed E-state index contributed by atoms with van der Waals surface area (Å²) in [6.45, 7) is 5.23. The summed E-state index contributed by atoms with van der Waals surface area (Å²) in [7, 11) is 0. The molecule has 1 aromatic carbocycles. The van der Waals surface area contributed by atoms with Crippen LogP contribution in [-0.4, -0.2) is 31.5 Å². The molecule has 2 N–H and O–H groups in total. The number of hydrogen-bond acceptors (Lipinski definition) is 3. The third kappa shape index (κ3) is 8.22. The number of hydrogen-bond donors (Lipinski definition) is 2. The molecule has 5 nitrogen and oxygen atoms in total. The zero-order valence-electron chi connectivity index (χ0n) is 13.0. The summed E-state index contributed by atoms with van der Waals surface area (Å²) in [5.41, 5.74) is 1.02. The van der Waals surface area contributed by atoms with Crippen molar-refractivity contribution < 1.29 is 32.9 Å². The number of benzene rings is 1. The quantitative estimate of drug-likeness (QED) is 0.499. The average molecular weight is 342 g/mol. The second-order valence-electron chi connectivity index (χ2n) is 5.06. The Bertz CT molecular complexity index is 429. The minimum absolute atomic E-state index is 0. The number of carbonyl (C=O) groups is 1. The Morgan fingerprint density at radius 3 is 2.59 bits per heavy atom.